The Kier molecular flexibility index (Phi) is 5.23. The molecular formula is C17H20ClN3. The van der Waals surface area contributed by atoms with E-state index in [0.717, 1.165) is 29.2 Å². The predicted molar refractivity (Wildman–Crippen MR) is 92.7 cm³/mol. The van der Waals surface area contributed by atoms with E-state index in [2.05, 4.69) is 24.4 Å². The molecule has 2 aromatic carbocycles. The van der Waals surface area contributed by atoms with Gasteiger partial charge in [-0.25, -0.2) is 0 Å². The van der Waals surface area contributed by atoms with E-state index >= 15 is 0 Å². The Labute approximate surface area is 131 Å². The van der Waals surface area contributed by atoms with Gasteiger partial charge in [0.2, 0.25) is 0 Å². The van der Waals surface area contributed by atoms with Gasteiger partial charge in [0.1, 0.15) is 0 Å². The number of hydrazone groups is 1. The minimum atomic E-state index is 0.710. The molecule has 0 saturated carbocycles. The molecule has 0 atom stereocenters. The highest BCUT2D eigenvalue weighted by Crippen LogP contribution is 2.22. The number of anilines is 2. The fourth-order valence-corrected chi connectivity index (χ4v) is 2.35. The van der Waals surface area contributed by atoms with Crippen molar-refractivity contribution in [1.82, 2.24) is 0 Å². The number of nitrogens with zero attached hydrogens (tertiary/aromatic N) is 2. The van der Waals surface area contributed by atoms with Crippen molar-refractivity contribution in [2.75, 3.05) is 23.9 Å². The SMILES string of the molecule is CCN(/N=C(/C)c1cc(Cl)ccc1NC)c1ccccc1. The topological polar surface area (TPSA) is 27.6 Å². The first-order valence-electron chi connectivity index (χ1n) is 7.01. The van der Waals surface area contributed by atoms with Gasteiger partial charge in [-0.05, 0) is 44.2 Å². The molecule has 0 saturated heterocycles. The number of hydrogen-bond donors (Lipinski definition) is 1. The lowest BCUT2D eigenvalue weighted by Gasteiger charge is -2.19. The van der Waals surface area contributed by atoms with Crippen LogP contribution in [0, 0.1) is 0 Å². The molecule has 2 rings (SSSR count). The van der Waals surface area contributed by atoms with E-state index in [4.69, 9.17) is 16.7 Å². The van der Waals surface area contributed by atoms with Gasteiger partial charge >= 0.3 is 0 Å². The van der Waals surface area contributed by atoms with Crippen molar-refractivity contribution in [3.8, 4) is 0 Å². The van der Waals surface area contributed by atoms with Crippen LogP contribution < -0.4 is 10.3 Å². The smallest absolute Gasteiger partial charge is 0.0672 e. The van der Waals surface area contributed by atoms with E-state index in [1.807, 2.05) is 55.4 Å². The predicted octanol–water partition coefficient (Wildman–Crippen LogP) is 4.63. The average Bonchev–Trinajstić information content (AvgIpc) is 2.53. The van der Waals surface area contributed by atoms with Crippen molar-refractivity contribution >= 4 is 28.7 Å². The second kappa shape index (κ2) is 7.14. The Morgan fingerprint density at radius 2 is 1.90 bits per heavy atom. The molecule has 0 heterocycles. The summed E-state index contributed by atoms with van der Waals surface area (Å²) in [5, 5.41) is 10.6. The fraction of sp³-hybridized carbons (Fsp3) is 0.235. The van der Waals surface area contributed by atoms with Crippen molar-refractivity contribution in [3.63, 3.8) is 0 Å². The third kappa shape index (κ3) is 3.76. The van der Waals surface area contributed by atoms with Crippen molar-refractivity contribution < 1.29 is 0 Å². The number of halogens is 1. The molecule has 0 amide bonds. The van der Waals surface area contributed by atoms with Gasteiger partial charge in [0.25, 0.3) is 0 Å². The quantitative estimate of drug-likeness (QED) is 0.644. The van der Waals surface area contributed by atoms with Crippen LogP contribution in [0.25, 0.3) is 0 Å². The number of nitrogens with one attached hydrogen (secondary N) is 1. The molecule has 1 N–H and O–H groups in total. The summed E-state index contributed by atoms with van der Waals surface area (Å²) in [5.74, 6) is 0. The summed E-state index contributed by atoms with van der Waals surface area (Å²) in [6.07, 6.45) is 0. The summed E-state index contributed by atoms with van der Waals surface area (Å²) in [7, 11) is 1.90. The summed E-state index contributed by atoms with van der Waals surface area (Å²) >= 11 is 6.11. The molecule has 0 fully saturated rings. The summed E-state index contributed by atoms with van der Waals surface area (Å²) in [6, 6.07) is 15.9. The third-order valence-electron chi connectivity index (χ3n) is 3.27. The van der Waals surface area contributed by atoms with Gasteiger partial charge in [0, 0.05) is 29.9 Å². The zero-order valence-electron chi connectivity index (χ0n) is 12.6. The minimum Gasteiger partial charge on any atom is -0.388 e. The molecule has 0 spiro atoms. The van der Waals surface area contributed by atoms with Crippen molar-refractivity contribution in [2.45, 2.75) is 13.8 Å². The third-order valence-corrected chi connectivity index (χ3v) is 3.50. The van der Waals surface area contributed by atoms with Crippen LogP contribution in [0.15, 0.2) is 53.6 Å². The van der Waals surface area contributed by atoms with Gasteiger partial charge in [-0.3, -0.25) is 5.01 Å². The standard InChI is InChI=1S/C17H20ClN3/c1-4-21(15-8-6-5-7-9-15)20-13(2)16-12-14(18)10-11-17(16)19-3/h5-12,19H,4H2,1-3H3/b20-13-. The van der Waals surface area contributed by atoms with Gasteiger partial charge in [-0.1, -0.05) is 29.8 Å². The maximum absolute atomic E-state index is 6.11. The highest BCUT2D eigenvalue weighted by molar-refractivity contribution is 6.31. The molecule has 0 unspecified atom stereocenters. The molecule has 0 radical (unpaired) electrons. The van der Waals surface area contributed by atoms with Crippen molar-refractivity contribution in [3.05, 3.63) is 59.1 Å². The average molecular weight is 302 g/mol. The van der Waals surface area contributed by atoms with Crippen LogP contribution in [-0.4, -0.2) is 19.3 Å². The molecule has 0 aromatic heterocycles. The number of benzene rings is 2. The van der Waals surface area contributed by atoms with Gasteiger partial charge in [-0.2, -0.15) is 5.10 Å². The maximum Gasteiger partial charge on any atom is 0.0672 e. The van der Waals surface area contributed by atoms with E-state index in [9.17, 15) is 0 Å². The molecule has 2 aromatic rings. The zero-order valence-corrected chi connectivity index (χ0v) is 13.4. The van der Waals surface area contributed by atoms with Crippen LogP contribution in [0.5, 0.6) is 0 Å². The fourth-order valence-electron chi connectivity index (χ4n) is 2.18. The van der Waals surface area contributed by atoms with Crippen LogP contribution in [0.2, 0.25) is 5.02 Å². The monoisotopic (exact) mass is 301 g/mol. The molecular weight excluding hydrogens is 282 g/mol. The lowest BCUT2D eigenvalue weighted by atomic mass is 10.1. The van der Waals surface area contributed by atoms with Crippen LogP contribution in [0.3, 0.4) is 0 Å². The summed E-state index contributed by atoms with van der Waals surface area (Å²) < 4.78 is 0. The lowest BCUT2D eigenvalue weighted by Crippen LogP contribution is -2.18. The van der Waals surface area contributed by atoms with Gasteiger partial charge in [0.15, 0.2) is 0 Å². The molecule has 0 bridgehead atoms. The Morgan fingerprint density at radius 3 is 2.52 bits per heavy atom. The lowest BCUT2D eigenvalue weighted by molar-refractivity contribution is 0.892. The summed E-state index contributed by atoms with van der Waals surface area (Å²) in [5.41, 5.74) is 4.03. The summed E-state index contributed by atoms with van der Waals surface area (Å²) in [6.45, 7) is 4.88. The van der Waals surface area contributed by atoms with E-state index in [-0.39, 0.29) is 0 Å². The number of hydrogen-bond acceptors (Lipinski definition) is 3. The highest BCUT2D eigenvalue weighted by Gasteiger charge is 2.08. The molecule has 0 aliphatic carbocycles. The Balaban J connectivity index is 2.37. The largest absolute Gasteiger partial charge is 0.388 e. The first-order chi connectivity index (χ1) is 10.2. The second-order valence-corrected chi connectivity index (χ2v) is 5.11. The zero-order chi connectivity index (χ0) is 15.2. The first kappa shape index (κ1) is 15.4. The van der Waals surface area contributed by atoms with Gasteiger partial charge in [0.05, 0.1) is 11.4 Å². The molecule has 0 aliphatic heterocycles. The molecule has 3 nitrogen and oxygen atoms in total. The van der Waals surface area contributed by atoms with Crippen LogP contribution in [0.4, 0.5) is 11.4 Å². The normalized spacial score (nSPS) is 11.3. The summed E-state index contributed by atoms with van der Waals surface area (Å²) in [4.78, 5) is 0. The maximum atomic E-state index is 6.11. The van der Waals surface area contributed by atoms with Gasteiger partial charge < -0.3 is 5.32 Å². The van der Waals surface area contributed by atoms with E-state index in [0.29, 0.717) is 5.02 Å². The van der Waals surface area contributed by atoms with E-state index < -0.39 is 0 Å². The second-order valence-electron chi connectivity index (χ2n) is 4.68. The first-order valence-corrected chi connectivity index (χ1v) is 7.39. The van der Waals surface area contributed by atoms with E-state index in [1.54, 1.807) is 0 Å². The van der Waals surface area contributed by atoms with Crippen LogP contribution >= 0.6 is 11.6 Å². The Hall–Kier alpha value is -2.00. The Morgan fingerprint density at radius 1 is 1.19 bits per heavy atom. The number of para-hydroxylation sites is 1. The molecule has 21 heavy (non-hydrogen) atoms. The minimum absolute atomic E-state index is 0.710. The van der Waals surface area contributed by atoms with Crippen LogP contribution in [0.1, 0.15) is 19.4 Å². The molecule has 4 heteroatoms. The molecule has 110 valence electrons. The van der Waals surface area contributed by atoms with Gasteiger partial charge in [-0.15, -0.1) is 0 Å². The van der Waals surface area contributed by atoms with E-state index in [1.165, 1.54) is 0 Å². The molecule has 0 aliphatic rings. The Bertz CT molecular complexity index is 623. The van der Waals surface area contributed by atoms with Crippen molar-refractivity contribution in [1.29, 1.82) is 0 Å². The highest BCUT2D eigenvalue weighted by atomic mass is 35.5. The van der Waals surface area contributed by atoms with Crippen molar-refractivity contribution in [2.24, 2.45) is 5.10 Å². The number of rotatable bonds is 5. The van der Waals surface area contributed by atoms with Crippen LogP contribution in [-0.2, 0) is 0 Å².